The molecule has 4 heteroatoms. The second-order valence-electron chi connectivity index (χ2n) is 5.78. The van der Waals surface area contributed by atoms with Crippen LogP contribution in [0.5, 0.6) is 0 Å². The van der Waals surface area contributed by atoms with Gasteiger partial charge in [0.2, 0.25) is 5.91 Å². The number of aryl methyl sites for hydroxylation is 2. The van der Waals surface area contributed by atoms with Crippen molar-refractivity contribution in [2.75, 3.05) is 6.54 Å². The molecule has 0 heterocycles. The molecule has 1 aromatic carbocycles. The van der Waals surface area contributed by atoms with Crippen LogP contribution in [0.4, 0.5) is 0 Å². The van der Waals surface area contributed by atoms with Gasteiger partial charge in [0.1, 0.15) is 0 Å². The summed E-state index contributed by atoms with van der Waals surface area (Å²) in [5.74, 6) is -0.433. The van der Waals surface area contributed by atoms with Gasteiger partial charge in [-0.25, -0.2) is 0 Å². The zero-order valence-electron chi connectivity index (χ0n) is 13.1. The van der Waals surface area contributed by atoms with Gasteiger partial charge in [0.25, 0.3) is 0 Å². The van der Waals surface area contributed by atoms with Crippen LogP contribution >= 0.6 is 0 Å². The zero-order chi connectivity index (χ0) is 15.8. The molecule has 0 radical (unpaired) electrons. The lowest BCUT2D eigenvalue weighted by Gasteiger charge is -2.11. The quantitative estimate of drug-likeness (QED) is 0.774. The van der Waals surface area contributed by atoms with Gasteiger partial charge >= 0.3 is 5.97 Å². The summed E-state index contributed by atoms with van der Waals surface area (Å²) in [6, 6.07) is 6.12. The number of benzene rings is 1. The van der Waals surface area contributed by atoms with Crippen molar-refractivity contribution in [2.45, 2.75) is 46.5 Å². The van der Waals surface area contributed by atoms with E-state index in [1.807, 2.05) is 39.0 Å². The number of hydrogen-bond donors (Lipinski definition) is 2. The summed E-state index contributed by atoms with van der Waals surface area (Å²) in [4.78, 5) is 22.4. The van der Waals surface area contributed by atoms with E-state index in [4.69, 9.17) is 5.11 Å². The van der Waals surface area contributed by atoms with Gasteiger partial charge in [-0.2, -0.15) is 0 Å². The molecule has 1 unspecified atom stereocenters. The Balaban J connectivity index is 2.31. The van der Waals surface area contributed by atoms with Crippen LogP contribution in [0.2, 0.25) is 0 Å². The molecular formula is C17H25NO3. The third kappa shape index (κ3) is 6.93. The Morgan fingerprint density at radius 3 is 2.62 bits per heavy atom. The van der Waals surface area contributed by atoms with Crippen LogP contribution in [0.3, 0.4) is 0 Å². The maximum atomic E-state index is 11.9. The largest absolute Gasteiger partial charge is 0.481 e. The van der Waals surface area contributed by atoms with Gasteiger partial charge in [0.05, 0.1) is 6.42 Å². The molecule has 0 aliphatic heterocycles. The fraction of sp³-hybridized carbons (Fsp3) is 0.529. The third-order valence-corrected chi connectivity index (χ3v) is 3.67. The molecule has 0 bridgehead atoms. The highest BCUT2D eigenvalue weighted by atomic mass is 16.4. The number of rotatable bonds is 8. The van der Waals surface area contributed by atoms with Crippen molar-refractivity contribution in [3.63, 3.8) is 0 Å². The number of hydrogen-bond acceptors (Lipinski definition) is 2. The van der Waals surface area contributed by atoms with Crippen LogP contribution in [0.15, 0.2) is 18.2 Å². The predicted octanol–water partition coefficient (Wildman–Crippen LogP) is 2.85. The van der Waals surface area contributed by atoms with Crippen LogP contribution in [0.1, 0.15) is 42.9 Å². The number of aliphatic carboxylic acids is 1. The van der Waals surface area contributed by atoms with Gasteiger partial charge in [-0.3, -0.25) is 9.59 Å². The van der Waals surface area contributed by atoms with E-state index in [9.17, 15) is 9.59 Å². The lowest BCUT2D eigenvalue weighted by Crippen LogP contribution is -2.27. The SMILES string of the molecule is Cc1ccc(C)c(CC(=O)NCCC(C)CCC(=O)O)c1. The average Bonchev–Trinajstić information content (AvgIpc) is 2.40. The Morgan fingerprint density at radius 2 is 1.95 bits per heavy atom. The summed E-state index contributed by atoms with van der Waals surface area (Å²) in [7, 11) is 0. The van der Waals surface area contributed by atoms with Gasteiger partial charge in [0.15, 0.2) is 0 Å². The average molecular weight is 291 g/mol. The highest BCUT2D eigenvalue weighted by Gasteiger charge is 2.08. The number of amides is 1. The molecule has 21 heavy (non-hydrogen) atoms. The molecule has 0 aromatic heterocycles. The van der Waals surface area contributed by atoms with Crippen molar-refractivity contribution < 1.29 is 14.7 Å². The normalized spacial score (nSPS) is 12.0. The smallest absolute Gasteiger partial charge is 0.303 e. The van der Waals surface area contributed by atoms with Crippen LogP contribution in [-0.4, -0.2) is 23.5 Å². The second-order valence-corrected chi connectivity index (χ2v) is 5.78. The van der Waals surface area contributed by atoms with E-state index in [1.54, 1.807) is 0 Å². The van der Waals surface area contributed by atoms with E-state index in [-0.39, 0.29) is 12.3 Å². The minimum Gasteiger partial charge on any atom is -0.481 e. The molecule has 1 rings (SSSR count). The topological polar surface area (TPSA) is 66.4 Å². The first-order valence-corrected chi connectivity index (χ1v) is 7.43. The van der Waals surface area contributed by atoms with Crippen molar-refractivity contribution in [3.05, 3.63) is 34.9 Å². The molecule has 0 aliphatic rings. The minimum absolute atomic E-state index is 0.0223. The number of carboxylic acid groups (broad SMARTS) is 1. The summed E-state index contributed by atoms with van der Waals surface area (Å²) in [5.41, 5.74) is 3.35. The molecule has 0 fully saturated rings. The molecule has 0 saturated carbocycles. The van der Waals surface area contributed by atoms with Crippen molar-refractivity contribution in [1.29, 1.82) is 0 Å². The van der Waals surface area contributed by atoms with E-state index in [1.165, 1.54) is 0 Å². The van der Waals surface area contributed by atoms with Crippen LogP contribution in [-0.2, 0) is 16.0 Å². The molecule has 2 N–H and O–H groups in total. The minimum atomic E-state index is -0.763. The van der Waals surface area contributed by atoms with Crippen molar-refractivity contribution in [3.8, 4) is 0 Å². The predicted molar refractivity (Wildman–Crippen MR) is 83.3 cm³/mol. The molecular weight excluding hydrogens is 266 g/mol. The van der Waals surface area contributed by atoms with Crippen molar-refractivity contribution >= 4 is 11.9 Å². The summed E-state index contributed by atoms with van der Waals surface area (Å²) < 4.78 is 0. The Morgan fingerprint density at radius 1 is 1.24 bits per heavy atom. The molecule has 0 spiro atoms. The Kier molecular flexibility index (Phi) is 6.92. The molecule has 116 valence electrons. The first-order chi connectivity index (χ1) is 9.88. The maximum absolute atomic E-state index is 11.9. The monoisotopic (exact) mass is 291 g/mol. The van der Waals surface area contributed by atoms with Gasteiger partial charge < -0.3 is 10.4 Å². The third-order valence-electron chi connectivity index (χ3n) is 3.67. The van der Waals surface area contributed by atoms with E-state index in [2.05, 4.69) is 5.32 Å². The molecule has 1 amide bonds. The first-order valence-electron chi connectivity index (χ1n) is 7.43. The summed E-state index contributed by atoms with van der Waals surface area (Å²) in [6.45, 7) is 6.64. The zero-order valence-corrected chi connectivity index (χ0v) is 13.1. The molecule has 0 saturated heterocycles. The van der Waals surface area contributed by atoms with E-state index < -0.39 is 5.97 Å². The number of carboxylic acids is 1. The number of carbonyl (C=O) groups is 2. The Labute approximate surface area is 126 Å². The van der Waals surface area contributed by atoms with E-state index >= 15 is 0 Å². The van der Waals surface area contributed by atoms with Gasteiger partial charge in [-0.1, -0.05) is 30.7 Å². The molecule has 1 atom stereocenters. The number of carbonyl (C=O) groups excluding carboxylic acids is 1. The fourth-order valence-electron chi connectivity index (χ4n) is 2.20. The van der Waals surface area contributed by atoms with Gasteiger partial charge in [0, 0.05) is 13.0 Å². The first kappa shape index (κ1) is 17.2. The molecule has 0 aliphatic carbocycles. The molecule has 4 nitrogen and oxygen atoms in total. The maximum Gasteiger partial charge on any atom is 0.303 e. The standard InChI is InChI=1S/C17H25NO3/c1-12(5-7-17(20)21)8-9-18-16(19)11-15-10-13(2)4-6-14(15)3/h4,6,10,12H,5,7-9,11H2,1-3H3,(H,18,19)(H,20,21). The number of nitrogens with one attached hydrogen (secondary N) is 1. The van der Waals surface area contributed by atoms with Gasteiger partial charge in [-0.15, -0.1) is 0 Å². The lowest BCUT2D eigenvalue weighted by atomic mass is 10.0. The molecule has 1 aromatic rings. The highest BCUT2D eigenvalue weighted by molar-refractivity contribution is 5.78. The Hall–Kier alpha value is -1.84. The second kappa shape index (κ2) is 8.45. The van der Waals surface area contributed by atoms with Crippen molar-refractivity contribution in [2.24, 2.45) is 5.92 Å². The Bertz CT molecular complexity index is 497. The van der Waals surface area contributed by atoms with E-state index in [0.29, 0.717) is 25.3 Å². The van der Waals surface area contributed by atoms with Crippen molar-refractivity contribution in [1.82, 2.24) is 5.32 Å². The van der Waals surface area contributed by atoms with Crippen LogP contribution in [0.25, 0.3) is 0 Å². The fourth-order valence-corrected chi connectivity index (χ4v) is 2.20. The van der Waals surface area contributed by atoms with Gasteiger partial charge in [-0.05, 0) is 43.7 Å². The van der Waals surface area contributed by atoms with Crippen LogP contribution < -0.4 is 5.32 Å². The summed E-state index contributed by atoms with van der Waals surface area (Å²) in [6.07, 6.45) is 2.06. The van der Waals surface area contributed by atoms with E-state index in [0.717, 1.165) is 23.1 Å². The lowest BCUT2D eigenvalue weighted by molar-refractivity contribution is -0.137. The summed E-state index contributed by atoms with van der Waals surface area (Å²) in [5, 5.41) is 11.5. The highest BCUT2D eigenvalue weighted by Crippen LogP contribution is 2.12. The van der Waals surface area contributed by atoms with Crippen LogP contribution in [0, 0.1) is 19.8 Å². The summed E-state index contributed by atoms with van der Waals surface area (Å²) >= 11 is 0.